The van der Waals surface area contributed by atoms with Crippen molar-refractivity contribution in [1.29, 1.82) is 0 Å². The molecule has 11 heteroatoms. The summed E-state index contributed by atoms with van der Waals surface area (Å²) in [4.78, 5) is 16.1. The van der Waals surface area contributed by atoms with E-state index in [0.29, 0.717) is 22.1 Å². The van der Waals surface area contributed by atoms with Gasteiger partial charge in [0, 0.05) is 29.2 Å². The van der Waals surface area contributed by atoms with Gasteiger partial charge in [-0.1, -0.05) is 11.6 Å². The van der Waals surface area contributed by atoms with Gasteiger partial charge in [0.25, 0.3) is 6.02 Å². The van der Waals surface area contributed by atoms with Crippen molar-refractivity contribution in [2.75, 3.05) is 11.9 Å². The summed E-state index contributed by atoms with van der Waals surface area (Å²) in [7, 11) is 0. The second-order valence-electron chi connectivity index (χ2n) is 6.52. The third-order valence-electron chi connectivity index (χ3n) is 4.66. The number of benzene rings is 1. The monoisotopic (exact) mass is 410 g/mol. The molecule has 0 fully saturated rings. The van der Waals surface area contributed by atoms with Crippen LogP contribution in [0.1, 0.15) is 23.9 Å². The van der Waals surface area contributed by atoms with Crippen molar-refractivity contribution in [3.63, 3.8) is 0 Å². The molecule has 0 aliphatic carbocycles. The molecule has 7 nitrogen and oxygen atoms in total. The predicted octanol–water partition coefficient (Wildman–Crippen LogP) is 2.84. The van der Waals surface area contributed by atoms with Crippen LogP contribution in [-0.2, 0) is 16.8 Å². The van der Waals surface area contributed by atoms with Crippen LogP contribution in [0.4, 0.5) is 18.9 Å². The second-order valence-corrected chi connectivity index (χ2v) is 6.96. The maximum Gasteiger partial charge on any atom is 0.310 e. The number of amidine groups is 2. The number of hydrogen-bond donors (Lipinski definition) is 2. The Bertz CT molecular complexity index is 1010. The molecule has 1 atom stereocenters. The SMILES string of the molecule is CC1(c2cc3c(cc2F)CN=C(c2ncc(Cl)cn2)N3)N=C(N)OCC1(F)F. The van der Waals surface area contributed by atoms with E-state index in [4.69, 9.17) is 17.3 Å². The highest BCUT2D eigenvalue weighted by Gasteiger charge is 2.56. The van der Waals surface area contributed by atoms with Gasteiger partial charge in [-0.3, -0.25) is 4.99 Å². The molecule has 146 valence electrons. The average Bonchev–Trinajstić information content (AvgIpc) is 2.65. The summed E-state index contributed by atoms with van der Waals surface area (Å²) >= 11 is 5.78. The lowest BCUT2D eigenvalue weighted by Gasteiger charge is -2.38. The fraction of sp³-hybridized carbons (Fsp3) is 0.294. The summed E-state index contributed by atoms with van der Waals surface area (Å²) < 4.78 is 48.5. The lowest BCUT2D eigenvalue weighted by atomic mass is 9.84. The first-order chi connectivity index (χ1) is 13.2. The van der Waals surface area contributed by atoms with Crippen molar-refractivity contribution in [3.8, 4) is 0 Å². The fourth-order valence-corrected chi connectivity index (χ4v) is 3.12. The zero-order valence-electron chi connectivity index (χ0n) is 14.5. The Kier molecular flexibility index (Phi) is 4.18. The minimum absolute atomic E-state index is 0.127. The van der Waals surface area contributed by atoms with Crippen molar-refractivity contribution in [2.45, 2.75) is 24.9 Å². The quantitative estimate of drug-likeness (QED) is 0.793. The first-order valence-corrected chi connectivity index (χ1v) is 8.56. The smallest absolute Gasteiger partial charge is 0.310 e. The number of fused-ring (bicyclic) bond motifs is 1. The van der Waals surface area contributed by atoms with Crippen molar-refractivity contribution in [1.82, 2.24) is 9.97 Å². The largest absolute Gasteiger partial charge is 0.459 e. The lowest BCUT2D eigenvalue weighted by molar-refractivity contribution is -0.117. The summed E-state index contributed by atoms with van der Waals surface area (Å²) in [6.07, 6.45) is 2.81. The zero-order valence-corrected chi connectivity index (χ0v) is 15.3. The van der Waals surface area contributed by atoms with Crippen molar-refractivity contribution < 1.29 is 17.9 Å². The molecule has 0 spiro atoms. The number of nitrogens with one attached hydrogen (secondary N) is 1. The molecule has 2 aliphatic rings. The predicted molar refractivity (Wildman–Crippen MR) is 97.2 cm³/mol. The van der Waals surface area contributed by atoms with Crippen LogP contribution in [0.15, 0.2) is 34.5 Å². The Balaban J connectivity index is 1.76. The number of rotatable bonds is 2. The van der Waals surface area contributed by atoms with E-state index in [1.165, 1.54) is 18.5 Å². The maximum absolute atomic E-state index is 14.7. The van der Waals surface area contributed by atoms with Gasteiger partial charge in [-0.25, -0.2) is 19.4 Å². The summed E-state index contributed by atoms with van der Waals surface area (Å²) in [6.45, 7) is 0.254. The van der Waals surface area contributed by atoms with Crippen LogP contribution in [0.2, 0.25) is 5.02 Å². The van der Waals surface area contributed by atoms with Gasteiger partial charge in [-0.15, -0.1) is 0 Å². The highest BCUT2D eigenvalue weighted by molar-refractivity contribution is 6.30. The Morgan fingerprint density at radius 2 is 1.96 bits per heavy atom. The van der Waals surface area contributed by atoms with Gasteiger partial charge in [0.1, 0.15) is 5.82 Å². The molecular formula is C17H14ClF3N6O. The molecule has 3 heterocycles. The van der Waals surface area contributed by atoms with E-state index in [1.54, 1.807) is 0 Å². The van der Waals surface area contributed by atoms with Crippen LogP contribution in [0.5, 0.6) is 0 Å². The van der Waals surface area contributed by atoms with Crippen LogP contribution >= 0.6 is 11.6 Å². The molecule has 0 amide bonds. The number of halogens is 4. The minimum atomic E-state index is -3.46. The molecule has 0 radical (unpaired) electrons. The van der Waals surface area contributed by atoms with Gasteiger partial charge in [-0.2, -0.15) is 8.78 Å². The normalized spacial score (nSPS) is 23.0. The van der Waals surface area contributed by atoms with Crippen LogP contribution in [0.25, 0.3) is 0 Å². The van der Waals surface area contributed by atoms with Gasteiger partial charge in [-0.05, 0) is 19.1 Å². The Morgan fingerprint density at radius 1 is 1.25 bits per heavy atom. The number of nitrogens with zero attached hydrogens (tertiary/aromatic N) is 4. The van der Waals surface area contributed by atoms with E-state index in [-0.39, 0.29) is 17.9 Å². The first-order valence-electron chi connectivity index (χ1n) is 8.18. The third-order valence-corrected chi connectivity index (χ3v) is 4.85. The van der Waals surface area contributed by atoms with Gasteiger partial charge >= 0.3 is 5.92 Å². The number of alkyl halides is 2. The lowest BCUT2D eigenvalue weighted by Crippen LogP contribution is -2.51. The van der Waals surface area contributed by atoms with E-state index in [1.807, 2.05) is 0 Å². The number of aliphatic imine (C=N–C) groups is 2. The summed E-state index contributed by atoms with van der Waals surface area (Å²) in [5.41, 5.74) is 3.84. The number of nitrogens with two attached hydrogens (primary N) is 1. The Labute approximate surface area is 162 Å². The first kappa shape index (κ1) is 18.5. The van der Waals surface area contributed by atoms with E-state index in [9.17, 15) is 13.2 Å². The Morgan fingerprint density at radius 3 is 2.68 bits per heavy atom. The molecule has 2 aromatic rings. The van der Waals surface area contributed by atoms with Crippen molar-refractivity contribution in [3.05, 3.63) is 52.3 Å². The molecule has 4 rings (SSSR count). The molecule has 2 aliphatic heterocycles. The van der Waals surface area contributed by atoms with Crippen LogP contribution in [0, 0.1) is 5.82 Å². The van der Waals surface area contributed by atoms with Gasteiger partial charge in [0.15, 0.2) is 23.8 Å². The number of anilines is 1. The molecule has 0 saturated heterocycles. The zero-order chi connectivity index (χ0) is 20.1. The Hall–Kier alpha value is -2.88. The molecule has 3 N–H and O–H groups in total. The van der Waals surface area contributed by atoms with Crippen LogP contribution in [0.3, 0.4) is 0 Å². The van der Waals surface area contributed by atoms with E-state index in [2.05, 4.69) is 30.0 Å². The number of ether oxygens (including phenoxy) is 1. The van der Waals surface area contributed by atoms with Gasteiger partial charge in [0.05, 0.1) is 11.6 Å². The van der Waals surface area contributed by atoms with Crippen molar-refractivity contribution in [2.24, 2.45) is 15.7 Å². The highest BCUT2D eigenvalue weighted by Crippen LogP contribution is 2.45. The molecule has 28 heavy (non-hydrogen) atoms. The molecular weight excluding hydrogens is 397 g/mol. The second kappa shape index (κ2) is 6.33. The standard InChI is InChI=1S/C17H14ClF3N6O/c1-16(17(20,21)7-28-15(22)27-16)10-3-12-8(2-11(10)19)4-23-14(26-12)13-24-5-9(18)6-25-13/h2-3,5-6H,4,7H2,1H3,(H2,22,27)(H,23,26). The summed E-state index contributed by atoms with van der Waals surface area (Å²) in [6, 6.07) is 2.02. The molecule has 0 bridgehead atoms. The molecule has 0 saturated carbocycles. The molecule has 1 unspecified atom stereocenters. The minimum Gasteiger partial charge on any atom is -0.459 e. The van der Waals surface area contributed by atoms with E-state index < -0.39 is 29.9 Å². The maximum atomic E-state index is 14.7. The van der Waals surface area contributed by atoms with Crippen molar-refractivity contribution >= 4 is 29.1 Å². The molecule has 1 aromatic carbocycles. The van der Waals surface area contributed by atoms with Gasteiger partial charge < -0.3 is 15.8 Å². The number of aromatic nitrogens is 2. The van der Waals surface area contributed by atoms with Crippen LogP contribution in [-0.4, -0.2) is 34.4 Å². The summed E-state index contributed by atoms with van der Waals surface area (Å²) in [5.74, 6) is -3.71. The van der Waals surface area contributed by atoms with Gasteiger partial charge in [0.2, 0.25) is 0 Å². The molecule has 1 aromatic heterocycles. The van der Waals surface area contributed by atoms with E-state index in [0.717, 1.165) is 13.0 Å². The van der Waals surface area contributed by atoms with Crippen LogP contribution < -0.4 is 11.1 Å². The highest BCUT2D eigenvalue weighted by atomic mass is 35.5. The summed E-state index contributed by atoms with van der Waals surface area (Å²) in [5, 5.41) is 3.31. The van der Waals surface area contributed by atoms with E-state index >= 15 is 0 Å². The third kappa shape index (κ3) is 2.93. The average molecular weight is 411 g/mol. The fourth-order valence-electron chi connectivity index (χ4n) is 3.02. The number of hydrogen-bond acceptors (Lipinski definition) is 7. The topological polar surface area (TPSA) is 97.8 Å².